The zero-order valence-electron chi connectivity index (χ0n) is 15.9. The molecule has 0 radical (unpaired) electrons. The van der Waals surface area contributed by atoms with Gasteiger partial charge in [-0.25, -0.2) is 4.68 Å². The number of carbonyl (C=O) groups is 1. The van der Waals surface area contributed by atoms with Crippen molar-refractivity contribution in [3.63, 3.8) is 0 Å². The van der Waals surface area contributed by atoms with E-state index in [1.54, 1.807) is 0 Å². The summed E-state index contributed by atoms with van der Waals surface area (Å²) in [5.41, 5.74) is 11.0. The number of hydrogen-bond donors (Lipinski definition) is 2. The highest BCUT2D eigenvalue weighted by molar-refractivity contribution is 5.92. The monoisotopic (exact) mass is 396 g/mol. The maximum atomic E-state index is 12.6. The molecule has 1 aromatic heterocycles. The first-order chi connectivity index (χ1) is 13.1. The molecule has 0 saturated carbocycles. The van der Waals surface area contributed by atoms with Crippen molar-refractivity contribution in [2.45, 2.75) is 38.6 Å². The molecule has 1 unspecified atom stereocenters. The SMILES string of the molecule is Cc1cnn(C2CCCc3ccccc32)c1NC(=O)Cc1ccc(N)cc1.Cl. The predicted molar refractivity (Wildman–Crippen MR) is 115 cm³/mol. The van der Waals surface area contributed by atoms with Gasteiger partial charge in [-0.1, -0.05) is 36.4 Å². The van der Waals surface area contributed by atoms with Crippen LogP contribution in [0.4, 0.5) is 11.5 Å². The first-order valence-electron chi connectivity index (χ1n) is 9.38. The van der Waals surface area contributed by atoms with E-state index in [-0.39, 0.29) is 24.4 Å². The van der Waals surface area contributed by atoms with E-state index in [1.807, 2.05) is 42.1 Å². The molecular formula is C22H25ClN4O. The number of rotatable bonds is 4. The van der Waals surface area contributed by atoms with E-state index < -0.39 is 0 Å². The molecule has 0 fully saturated rings. The number of benzene rings is 2. The molecule has 0 bridgehead atoms. The lowest BCUT2D eigenvalue weighted by molar-refractivity contribution is -0.115. The normalized spacial score (nSPS) is 15.4. The summed E-state index contributed by atoms with van der Waals surface area (Å²) in [7, 11) is 0. The molecule has 1 aliphatic rings. The van der Waals surface area contributed by atoms with Crippen molar-refractivity contribution in [3.8, 4) is 0 Å². The van der Waals surface area contributed by atoms with Gasteiger partial charge in [-0.05, 0) is 55.0 Å². The van der Waals surface area contributed by atoms with Gasteiger partial charge >= 0.3 is 0 Å². The number of nitrogens with zero attached hydrogens (tertiary/aromatic N) is 2. The molecule has 146 valence electrons. The lowest BCUT2D eigenvalue weighted by atomic mass is 9.88. The number of nitrogens with one attached hydrogen (secondary N) is 1. The number of aryl methyl sites for hydroxylation is 2. The van der Waals surface area contributed by atoms with Crippen LogP contribution in [0.15, 0.2) is 54.7 Å². The van der Waals surface area contributed by atoms with Gasteiger partial charge in [0, 0.05) is 11.3 Å². The highest BCUT2D eigenvalue weighted by Crippen LogP contribution is 2.35. The summed E-state index contributed by atoms with van der Waals surface area (Å²) in [4.78, 5) is 12.6. The number of halogens is 1. The van der Waals surface area contributed by atoms with Gasteiger partial charge in [-0.2, -0.15) is 5.10 Å². The predicted octanol–water partition coefficient (Wildman–Crippen LogP) is 4.30. The minimum atomic E-state index is -0.0475. The molecular weight excluding hydrogens is 372 g/mol. The number of carbonyl (C=O) groups excluding carboxylic acids is 1. The Hall–Kier alpha value is -2.79. The quantitative estimate of drug-likeness (QED) is 0.645. The number of hydrogen-bond acceptors (Lipinski definition) is 3. The maximum absolute atomic E-state index is 12.6. The van der Waals surface area contributed by atoms with E-state index in [0.717, 1.165) is 36.2 Å². The Morgan fingerprint density at radius 1 is 1.21 bits per heavy atom. The molecule has 1 heterocycles. The molecule has 1 atom stereocenters. The van der Waals surface area contributed by atoms with Gasteiger partial charge in [-0.3, -0.25) is 4.79 Å². The van der Waals surface area contributed by atoms with Crippen molar-refractivity contribution in [3.05, 3.63) is 77.0 Å². The van der Waals surface area contributed by atoms with Crippen molar-refractivity contribution in [1.29, 1.82) is 0 Å². The third kappa shape index (κ3) is 4.04. The van der Waals surface area contributed by atoms with Gasteiger partial charge in [-0.15, -0.1) is 12.4 Å². The van der Waals surface area contributed by atoms with Crippen molar-refractivity contribution < 1.29 is 4.79 Å². The Morgan fingerprint density at radius 3 is 2.75 bits per heavy atom. The largest absolute Gasteiger partial charge is 0.399 e. The fourth-order valence-corrected chi connectivity index (χ4v) is 3.82. The standard InChI is InChI=1S/C22H24N4O.ClH/c1-15-14-24-26(20-8-4-6-17-5-2-3-7-19(17)20)22(15)25-21(27)13-16-9-11-18(23)12-10-16;/h2-3,5,7,9-12,14,20H,4,6,8,13,23H2,1H3,(H,25,27);1H. The Morgan fingerprint density at radius 2 is 1.96 bits per heavy atom. The number of fused-ring (bicyclic) bond motifs is 1. The minimum absolute atomic E-state index is 0. The Balaban J connectivity index is 0.00000225. The summed E-state index contributed by atoms with van der Waals surface area (Å²) >= 11 is 0. The van der Waals surface area contributed by atoms with Crippen molar-refractivity contribution >= 4 is 29.8 Å². The summed E-state index contributed by atoms with van der Waals surface area (Å²) < 4.78 is 1.98. The van der Waals surface area contributed by atoms with Gasteiger partial charge in [0.25, 0.3) is 0 Å². The molecule has 3 N–H and O–H groups in total. The van der Waals surface area contributed by atoms with Crippen LogP contribution in [-0.4, -0.2) is 15.7 Å². The molecule has 2 aromatic carbocycles. The van der Waals surface area contributed by atoms with Crippen LogP contribution in [0.25, 0.3) is 0 Å². The lowest BCUT2D eigenvalue weighted by Crippen LogP contribution is -2.23. The number of nitrogen functional groups attached to an aromatic ring is 1. The van der Waals surface area contributed by atoms with Crippen LogP contribution in [0.2, 0.25) is 0 Å². The van der Waals surface area contributed by atoms with Crippen LogP contribution >= 0.6 is 12.4 Å². The number of anilines is 2. The van der Waals surface area contributed by atoms with E-state index >= 15 is 0 Å². The summed E-state index contributed by atoms with van der Waals surface area (Å²) in [6, 6.07) is 16.1. The Bertz CT molecular complexity index is 965. The molecule has 0 saturated heterocycles. The first kappa shape index (κ1) is 20.0. The average Bonchev–Trinajstić information content (AvgIpc) is 3.03. The highest BCUT2D eigenvalue weighted by atomic mass is 35.5. The van der Waals surface area contributed by atoms with Gasteiger partial charge in [0.2, 0.25) is 5.91 Å². The van der Waals surface area contributed by atoms with Crippen LogP contribution < -0.4 is 11.1 Å². The molecule has 28 heavy (non-hydrogen) atoms. The second-order valence-electron chi connectivity index (χ2n) is 7.19. The molecule has 1 amide bonds. The van der Waals surface area contributed by atoms with Crippen LogP contribution in [0.5, 0.6) is 0 Å². The number of aromatic nitrogens is 2. The number of nitrogens with two attached hydrogens (primary N) is 1. The molecule has 6 heteroatoms. The number of amides is 1. The van der Waals surface area contributed by atoms with Gasteiger partial charge in [0.1, 0.15) is 5.82 Å². The zero-order valence-corrected chi connectivity index (χ0v) is 16.7. The lowest BCUT2D eigenvalue weighted by Gasteiger charge is -2.27. The third-order valence-corrected chi connectivity index (χ3v) is 5.21. The van der Waals surface area contributed by atoms with E-state index in [2.05, 4.69) is 34.7 Å². The first-order valence-corrected chi connectivity index (χ1v) is 9.38. The van der Waals surface area contributed by atoms with Crippen LogP contribution in [-0.2, 0) is 17.6 Å². The fourth-order valence-electron chi connectivity index (χ4n) is 3.82. The minimum Gasteiger partial charge on any atom is -0.399 e. The topological polar surface area (TPSA) is 72.9 Å². The van der Waals surface area contributed by atoms with E-state index in [4.69, 9.17) is 5.73 Å². The van der Waals surface area contributed by atoms with E-state index in [9.17, 15) is 4.79 Å². The molecule has 1 aliphatic carbocycles. The molecule has 0 aliphatic heterocycles. The van der Waals surface area contributed by atoms with Crippen LogP contribution in [0.1, 0.15) is 41.1 Å². The Kier molecular flexibility index (Phi) is 6.05. The zero-order chi connectivity index (χ0) is 18.8. The van der Waals surface area contributed by atoms with Crippen LogP contribution in [0.3, 0.4) is 0 Å². The summed E-state index contributed by atoms with van der Waals surface area (Å²) in [6.07, 6.45) is 5.40. The average molecular weight is 397 g/mol. The van der Waals surface area contributed by atoms with Crippen molar-refractivity contribution in [2.24, 2.45) is 0 Å². The molecule has 0 spiro atoms. The summed E-state index contributed by atoms with van der Waals surface area (Å²) in [5.74, 6) is 0.742. The molecule has 5 nitrogen and oxygen atoms in total. The third-order valence-electron chi connectivity index (χ3n) is 5.21. The van der Waals surface area contributed by atoms with Crippen molar-refractivity contribution in [2.75, 3.05) is 11.1 Å². The highest BCUT2D eigenvalue weighted by Gasteiger charge is 2.25. The molecule has 3 aromatic rings. The van der Waals surface area contributed by atoms with Gasteiger partial charge in [0.05, 0.1) is 18.7 Å². The second kappa shape index (κ2) is 8.48. The van der Waals surface area contributed by atoms with Crippen LogP contribution in [0, 0.1) is 6.92 Å². The fraction of sp³-hybridized carbons (Fsp3) is 0.273. The second-order valence-corrected chi connectivity index (χ2v) is 7.19. The van der Waals surface area contributed by atoms with Gasteiger partial charge in [0.15, 0.2) is 0 Å². The van der Waals surface area contributed by atoms with Crippen molar-refractivity contribution in [1.82, 2.24) is 9.78 Å². The summed E-state index contributed by atoms with van der Waals surface area (Å²) in [5, 5.41) is 7.68. The molecule has 4 rings (SSSR count). The van der Waals surface area contributed by atoms with E-state index in [0.29, 0.717) is 12.1 Å². The maximum Gasteiger partial charge on any atom is 0.229 e. The summed E-state index contributed by atoms with van der Waals surface area (Å²) in [6.45, 7) is 1.98. The Labute approximate surface area is 171 Å². The van der Waals surface area contributed by atoms with Gasteiger partial charge < -0.3 is 11.1 Å². The van der Waals surface area contributed by atoms with E-state index in [1.165, 1.54) is 11.1 Å². The smallest absolute Gasteiger partial charge is 0.229 e.